The van der Waals surface area contributed by atoms with Gasteiger partial charge in [0.15, 0.2) is 0 Å². The Balaban J connectivity index is 2.27. The summed E-state index contributed by atoms with van der Waals surface area (Å²) in [7, 11) is 0. The maximum atomic E-state index is 3.96. The highest BCUT2D eigenvalue weighted by atomic mass is 14.3. The Morgan fingerprint density at radius 3 is 2.10 bits per heavy atom. The highest BCUT2D eigenvalue weighted by Crippen LogP contribution is 2.48. The zero-order valence-corrected chi connectivity index (χ0v) is 12.6. The fraction of sp³-hybridized carbons (Fsp3) is 0.300. The summed E-state index contributed by atoms with van der Waals surface area (Å²) in [6, 6.07) is 13.8. The molecule has 1 aliphatic carbocycles. The molecule has 3 rings (SSSR count). The van der Waals surface area contributed by atoms with E-state index in [1.165, 1.54) is 33.4 Å². The number of aryl methyl sites for hydroxylation is 2. The molecule has 20 heavy (non-hydrogen) atoms. The molecule has 2 aromatic carbocycles. The van der Waals surface area contributed by atoms with Crippen molar-refractivity contribution in [1.29, 1.82) is 0 Å². The van der Waals surface area contributed by atoms with E-state index in [4.69, 9.17) is 0 Å². The molecule has 0 heterocycles. The number of benzene rings is 2. The molecule has 102 valence electrons. The van der Waals surface area contributed by atoms with Crippen LogP contribution in [0, 0.1) is 13.8 Å². The number of hydrogen-bond acceptors (Lipinski definition) is 0. The third-order valence-electron chi connectivity index (χ3n) is 4.62. The fourth-order valence-corrected chi connectivity index (χ4v) is 3.54. The van der Waals surface area contributed by atoms with Crippen LogP contribution in [0.5, 0.6) is 0 Å². The third kappa shape index (κ3) is 2.00. The first-order chi connectivity index (χ1) is 9.61. The lowest BCUT2D eigenvalue weighted by atomic mass is 9.70. The molecule has 0 spiro atoms. The molecule has 0 bridgehead atoms. The molecule has 0 nitrogen and oxygen atoms in total. The Hall–Kier alpha value is -1.82. The van der Waals surface area contributed by atoms with E-state index in [0.717, 1.165) is 6.42 Å². The van der Waals surface area contributed by atoms with Gasteiger partial charge >= 0.3 is 0 Å². The normalized spacial score (nSPS) is 20.1. The van der Waals surface area contributed by atoms with Gasteiger partial charge in [-0.15, -0.1) is 6.58 Å². The highest BCUT2D eigenvalue weighted by Gasteiger charge is 2.29. The van der Waals surface area contributed by atoms with Crippen LogP contribution in [0.15, 0.2) is 49.1 Å². The smallest absolute Gasteiger partial charge is 0.00548 e. The number of allylic oxidation sites excluding steroid dienone is 1. The molecule has 0 N–H and O–H groups in total. The lowest BCUT2D eigenvalue weighted by Crippen LogP contribution is -2.15. The average Bonchev–Trinajstić information content (AvgIpc) is 2.43. The Morgan fingerprint density at radius 1 is 0.950 bits per heavy atom. The minimum Gasteiger partial charge on any atom is -0.103 e. The SMILES string of the molecule is C=CCC1c2cc(C)ccc2-c2ccc(C)cc2C1C. The van der Waals surface area contributed by atoms with Gasteiger partial charge in [-0.1, -0.05) is 60.5 Å². The molecule has 0 saturated heterocycles. The standard InChI is InChI=1S/C20H22/c1-5-6-16-15(4)19-11-13(2)7-9-17(19)18-10-8-14(3)12-20(16)18/h5,7-12,15-16H,1,6H2,2-4H3. The van der Waals surface area contributed by atoms with Crippen molar-refractivity contribution in [2.24, 2.45) is 0 Å². The van der Waals surface area contributed by atoms with Crippen LogP contribution < -0.4 is 0 Å². The van der Waals surface area contributed by atoms with Crippen molar-refractivity contribution in [1.82, 2.24) is 0 Å². The number of rotatable bonds is 2. The second-order valence-corrected chi connectivity index (χ2v) is 6.10. The predicted molar refractivity (Wildman–Crippen MR) is 87.3 cm³/mol. The second kappa shape index (κ2) is 4.94. The van der Waals surface area contributed by atoms with Gasteiger partial charge in [0.05, 0.1) is 0 Å². The van der Waals surface area contributed by atoms with Gasteiger partial charge < -0.3 is 0 Å². The first kappa shape index (κ1) is 13.2. The van der Waals surface area contributed by atoms with Crippen LogP contribution in [0.2, 0.25) is 0 Å². The van der Waals surface area contributed by atoms with E-state index in [1.807, 2.05) is 0 Å². The molecule has 2 aromatic rings. The van der Waals surface area contributed by atoms with Gasteiger partial charge in [-0.3, -0.25) is 0 Å². The van der Waals surface area contributed by atoms with Gasteiger partial charge in [0.2, 0.25) is 0 Å². The van der Waals surface area contributed by atoms with Crippen molar-refractivity contribution < 1.29 is 0 Å². The highest BCUT2D eigenvalue weighted by molar-refractivity contribution is 5.75. The maximum absolute atomic E-state index is 3.96. The van der Waals surface area contributed by atoms with E-state index >= 15 is 0 Å². The van der Waals surface area contributed by atoms with Crippen molar-refractivity contribution in [2.45, 2.75) is 39.0 Å². The Morgan fingerprint density at radius 2 is 1.50 bits per heavy atom. The summed E-state index contributed by atoms with van der Waals surface area (Å²) in [6.07, 6.45) is 3.11. The quantitative estimate of drug-likeness (QED) is 0.605. The predicted octanol–water partition coefficient (Wildman–Crippen LogP) is 5.75. The van der Waals surface area contributed by atoms with Crippen LogP contribution in [0.3, 0.4) is 0 Å². The first-order valence-corrected chi connectivity index (χ1v) is 7.44. The van der Waals surface area contributed by atoms with E-state index in [1.54, 1.807) is 0 Å². The molecule has 0 fully saturated rings. The fourth-order valence-electron chi connectivity index (χ4n) is 3.54. The molecule has 0 aromatic heterocycles. The van der Waals surface area contributed by atoms with E-state index in [0.29, 0.717) is 11.8 Å². The minimum atomic E-state index is 0.552. The maximum Gasteiger partial charge on any atom is -0.00548 e. The van der Waals surface area contributed by atoms with Crippen molar-refractivity contribution in [2.75, 3.05) is 0 Å². The molecule has 0 amide bonds. The molecule has 0 heteroatoms. The lowest BCUT2D eigenvalue weighted by molar-refractivity contribution is 0.575. The van der Waals surface area contributed by atoms with E-state index in [-0.39, 0.29) is 0 Å². The van der Waals surface area contributed by atoms with Gasteiger partial charge in [0.25, 0.3) is 0 Å². The third-order valence-corrected chi connectivity index (χ3v) is 4.62. The summed E-state index contributed by atoms with van der Waals surface area (Å²) < 4.78 is 0. The number of hydrogen-bond donors (Lipinski definition) is 0. The summed E-state index contributed by atoms with van der Waals surface area (Å²) in [6.45, 7) is 10.7. The van der Waals surface area contributed by atoms with E-state index < -0.39 is 0 Å². The molecule has 2 unspecified atom stereocenters. The molecular weight excluding hydrogens is 240 g/mol. The Bertz CT molecular complexity index is 664. The number of fused-ring (bicyclic) bond motifs is 3. The van der Waals surface area contributed by atoms with Crippen LogP contribution in [-0.2, 0) is 0 Å². The van der Waals surface area contributed by atoms with E-state index in [2.05, 4.69) is 69.8 Å². The molecule has 1 aliphatic rings. The average molecular weight is 262 g/mol. The zero-order valence-electron chi connectivity index (χ0n) is 12.6. The molecule has 0 radical (unpaired) electrons. The molecular formula is C20H22. The van der Waals surface area contributed by atoms with Crippen LogP contribution in [-0.4, -0.2) is 0 Å². The minimum absolute atomic E-state index is 0.552. The van der Waals surface area contributed by atoms with Gasteiger partial charge in [-0.2, -0.15) is 0 Å². The topological polar surface area (TPSA) is 0 Å². The molecule has 0 saturated carbocycles. The lowest BCUT2D eigenvalue weighted by Gasteiger charge is -2.33. The monoisotopic (exact) mass is 262 g/mol. The van der Waals surface area contributed by atoms with Gasteiger partial charge in [0, 0.05) is 0 Å². The van der Waals surface area contributed by atoms with E-state index in [9.17, 15) is 0 Å². The molecule has 2 atom stereocenters. The summed E-state index contributed by atoms with van der Waals surface area (Å²) >= 11 is 0. The van der Waals surface area contributed by atoms with Crippen LogP contribution >= 0.6 is 0 Å². The van der Waals surface area contributed by atoms with Gasteiger partial charge in [-0.25, -0.2) is 0 Å². The summed E-state index contributed by atoms with van der Waals surface area (Å²) in [5.74, 6) is 1.11. The summed E-state index contributed by atoms with van der Waals surface area (Å²) in [5.41, 5.74) is 8.51. The molecule has 0 aliphatic heterocycles. The van der Waals surface area contributed by atoms with Crippen molar-refractivity contribution in [3.8, 4) is 11.1 Å². The second-order valence-electron chi connectivity index (χ2n) is 6.10. The van der Waals surface area contributed by atoms with Crippen LogP contribution in [0.4, 0.5) is 0 Å². The van der Waals surface area contributed by atoms with Crippen molar-refractivity contribution in [3.05, 3.63) is 71.3 Å². The first-order valence-electron chi connectivity index (χ1n) is 7.44. The summed E-state index contributed by atoms with van der Waals surface area (Å²) in [5, 5.41) is 0. The van der Waals surface area contributed by atoms with Gasteiger partial charge in [0.1, 0.15) is 0 Å². The van der Waals surface area contributed by atoms with Crippen LogP contribution in [0.25, 0.3) is 11.1 Å². The zero-order chi connectivity index (χ0) is 14.3. The van der Waals surface area contributed by atoms with Crippen molar-refractivity contribution >= 4 is 0 Å². The Kier molecular flexibility index (Phi) is 3.25. The largest absolute Gasteiger partial charge is 0.103 e. The van der Waals surface area contributed by atoms with Gasteiger partial charge in [-0.05, 0) is 54.4 Å². The van der Waals surface area contributed by atoms with Crippen molar-refractivity contribution in [3.63, 3.8) is 0 Å². The Labute approximate surface area is 122 Å². The summed E-state index contributed by atoms with van der Waals surface area (Å²) in [4.78, 5) is 0. The van der Waals surface area contributed by atoms with Crippen LogP contribution in [0.1, 0.15) is 47.4 Å².